The van der Waals surface area contributed by atoms with Gasteiger partial charge in [0.25, 0.3) is 5.78 Å². The fraction of sp³-hybridized carbons (Fsp3) is 0.421. The Hall–Kier alpha value is -2.70. The van der Waals surface area contributed by atoms with Crippen molar-refractivity contribution in [3.05, 3.63) is 47.2 Å². The Kier molecular flexibility index (Phi) is 3.55. The Morgan fingerprint density at radius 1 is 0.923 bits per heavy atom. The Morgan fingerprint density at radius 2 is 1.65 bits per heavy atom. The minimum absolute atomic E-state index is 0.191. The van der Waals surface area contributed by atoms with Crippen LogP contribution in [0.3, 0.4) is 0 Å². The number of piperazine rings is 1. The summed E-state index contributed by atoms with van der Waals surface area (Å²) in [5.74, 6) is 2.44. The van der Waals surface area contributed by atoms with Crippen LogP contribution in [-0.2, 0) is 12.8 Å². The predicted octanol–water partition coefficient (Wildman–Crippen LogP) is 2.39. The molecule has 0 bridgehead atoms. The first-order chi connectivity index (χ1) is 12.7. The lowest BCUT2D eigenvalue weighted by molar-refractivity contribution is 0.622. The Balaban J connectivity index is 1.45. The maximum Gasteiger partial charge on any atom is 0.254 e. The zero-order chi connectivity index (χ0) is 17.7. The van der Waals surface area contributed by atoms with Gasteiger partial charge in [-0.3, -0.25) is 0 Å². The molecule has 3 heterocycles. The summed E-state index contributed by atoms with van der Waals surface area (Å²) in [5.41, 5.74) is 3.59. The van der Waals surface area contributed by atoms with Crippen LogP contribution >= 0.6 is 0 Å². The van der Waals surface area contributed by atoms with Crippen LogP contribution in [-0.4, -0.2) is 45.8 Å². The summed E-state index contributed by atoms with van der Waals surface area (Å²) in [5, 5.41) is 4.60. The van der Waals surface area contributed by atoms with E-state index >= 15 is 0 Å². The smallest absolute Gasteiger partial charge is 0.254 e. The maximum atomic E-state index is 13.2. The average molecular weight is 352 g/mol. The molecule has 0 spiro atoms. The lowest BCUT2D eigenvalue weighted by Crippen LogP contribution is -2.47. The number of nitrogens with zero attached hydrogens (tertiary/aromatic N) is 6. The number of anilines is 2. The topological polar surface area (TPSA) is 49.6 Å². The van der Waals surface area contributed by atoms with E-state index in [-0.39, 0.29) is 5.82 Å². The first-order valence-corrected chi connectivity index (χ1v) is 9.19. The van der Waals surface area contributed by atoms with Crippen molar-refractivity contribution < 1.29 is 4.39 Å². The third-order valence-electron chi connectivity index (χ3n) is 5.36. The Morgan fingerprint density at radius 3 is 2.42 bits per heavy atom. The molecule has 0 saturated carbocycles. The Labute approximate surface area is 151 Å². The van der Waals surface area contributed by atoms with Crippen LogP contribution in [0.1, 0.15) is 23.5 Å². The molecule has 5 rings (SSSR count). The van der Waals surface area contributed by atoms with Crippen molar-refractivity contribution in [1.82, 2.24) is 19.6 Å². The summed E-state index contributed by atoms with van der Waals surface area (Å²) in [6.45, 7) is 5.52. The zero-order valence-corrected chi connectivity index (χ0v) is 14.8. The van der Waals surface area contributed by atoms with Crippen LogP contribution in [0.4, 0.5) is 15.9 Å². The molecule has 6 nitrogen and oxygen atoms in total. The van der Waals surface area contributed by atoms with Crippen LogP contribution in [0.25, 0.3) is 5.78 Å². The highest BCUT2D eigenvalue weighted by atomic mass is 19.1. The van der Waals surface area contributed by atoms with E-state index in [1.165, 1.54) is 29.2 Å². The number of halogens is 1. The number of aromatic nitrogens is 4. The molecule has 2 aliphatic rings. The molecule has 0 atom stereocenters. The first kappa shape index (κ1) is 15.5. The van der Waals surface area contributed by atoms with Gasteiger partial charge in [0.2, 0.25) is 0 Å². The summed E-state index contributed by atoms with van der Waals surface area (Å²) in [7, 11) is 0. The molecular formula is C19H21FN6. The van der Waals surface area contributed by atoms with Crippen LogP contribution in [0.15, 0.2) is 24.3 Å². The fourth-order valence-electron chi connectivity index (χ4n) is 4.11. The number of aryl methyl sites for hydroxylation is 2. The molecule has 1 aromatic carbocycles. The minimum atomic E-state index is -0.191. The number of hydrogen-bond donors (Lipinski definition) is 0. The molecule has 26 heavy (non-hydrogen) atoms. The van der Waals surface area contributed by atoms with E-state index in [0.717, 1.165) is 57.0 Å². The summed E-state index contributed by atoms with van der Waals surface area (Å²) < 4.78 is 15.1. The zero-order valence-electron chi connectivity index (χ0n) is 14.8. The number of rotatable bonds is 2. The molecule has 0 unspecified atom stereocenters. The van der Waals surface area contributed by atoms with Crippen molar-refractivity contribution in [2.75, 3.05) is 36.0 Å². The first-order valence-electron chi connectivity index (χ1n) is 9.19. The molecule has 1 aliphatic heterocycles. The van der Waals surface area contributed by atoms with Gasteiger partial charge in [0.15, 0.2) is 0 Å². The van der Waals surface area contributed by atoms with Crippen molar-refractivity contribution in [1.29, 1.82) is 0 Å². The van der Waals surface area contributed by atoms with E-state index in [9.17, 15) is 4.39 Å². The molecule has 2 aromatic heterocycles. The van der Waals surface area contributed by atoms with E-state index in [0.29, 0.717) is 5.78 Å². The molecule has 1 aliphatic carbocycles. The molecule has 1 saturated heterocycles. The molecule has 1 fully saturated rings. The monoisotopic (exact) mass is 352 g/mol. The highest BCUT2D eigenvalue weighted by molar-refractivity contribution is 5.58. The predicted molar refractivity (Wildman–Crippen MR) is 98.4 cm³/mol. The van der Waals surface area contributed by atoms with E-state index in [1.807, 2.05) is 23.6 Å². The van der Waals surface area contributed by atoms with Crippen molar-refractivity contribution >= 4 is 17.3 Å². The number of fused-ring (bicyclic) bond motifs is 2. The van der Waals surface area contributed by atoms with Crippen LogP contribution in [0.2, 0.25) is 0 Å². The van der Waals surface area contributed by atoms with Gasteiger partial charge in [-0.25, -0.2) is 9.37 Å². The summed E-state index contributed by atoms with van der Waals surface area (Å²) >= 11 is 0. The SMILES string of the molecule is Cc1nc2nc3c(c(N4CCN(c5ccc(F)cc5)CC4)n2n1)CCC3. The largest absolute Gasteiger partial charge is 0.368 e. The van der Waals surface area contributed by atoms with Gasteiger partial charge in [-0.05, 0) is 50.5 Å². The maximum absolute atomic E-state index is 13.2. The molecule has 3 aromatic rings. The van der Waals surface area contributed by atoms with Gasteiger partial charge in [0.1, 0.15) is 17.5 Å². The molecular weight excluding hydrogens is 331 g/mol. The summed E-state index contributed by atoms with van der Waals surface area (Å²) in [6.07, 6.45) is 3.24. The van der Waals surface area contributed by atoms with Crippen LogP contribution < -0.4 is 9.80 Å². The molecule has 7 heteroatoms. The van der Waals surface area contributed by atoms with Crippen molar-refractivity contribution in [3.8, 4) is 0 Å². The minimum Gasteiger partial charge on any atom is -0.368 e. The van der Waals surface area contributed by atoms with Gasteiger partial charge in [-0.2, -0.15) is 9.50 Å². The second-order valence-corrected chi connectivity index (χ2v) is 7.04. The quantitative estimate of drug-likeness (QED) is 0.709. The second-order valence-electron chi connectivity index (χ2n) is 7.04. The standard InChI is InChI=1S/C19H21FN6/c1-13-21-19-22-17-4-2-3-16(17)18(26(19)23-13)25-11-9-24(10-12-25)15-7-5-14(20)6-8-15/h5-8H,2-4,9-12H2,1H3. The van der Waals surface area contributed by atoms with Gasteiger partial charge < -0.3 is 9.80 Å². The van der Waals surface area contributed by atoms with Gasteiger partial charge in [-0.15, -0.1) is 5.10 Å². The molecule has 0 radical (unpaired) electrons. The van der Waals surface area contributed by atoms with E-state index < -0.39 is 0 Å². The van der Waals surface area contributed by atoms with Gasteiger partial charge in [0.05, 0.1) is 5.69 Å². The van der Waals surface area contributed by atoms with Crippen molar-refractivity contribution in [2.24, 2.45) is 0 Å². The lowest BCUT2D eigenvalue weighted by atomic mass is 10.2. The van der Waals surface area contributed by atoms with Gasteiger partial charge in [-0.1, -0.05) is 0 Å². The number of hydrogen-bond acceptors (Lipinski definition) is 5. The summed E-state index contributed by atoms with van der Waals surface area (Å²) in [4.78, 5) is 13.9. The van der Waals surface area contributed by atoms with Gasteiger partial charge in [0, 0.05) is 37.4 Å². The normalized spacial score (nSPS) is 17.2. The Bertz CT molecular complexity index is 956. The summed E-state index contributed by atoms with van der Waals surface area (Å²) in [6, 6.07) is 6.76. The third-order valence-corrected chi connectivity index (χ3v) is 5.36. The van der Waals surface area contributed by atoms with E-state index in [2.05, 4.69) is 19.9 Å². The third kappa shape index (κ3) is 2.50. The number of benzene rings is 1. The van der Waals surface area contributed by atoms with Crippen LogP contribution in [0, 0.1) is 12.7 Å². The second kappa shape index (κ2) is 5.93. The molecule has 0 N–H and O–H groups in total. The highest BCUT2D eigenvalue weighted by Gasteiger charge is 2.27. The van der Waals surface area contributed by atoms with Gasteiger partial charge >= 0.3 is 0 Å². The van der Waals surface area contributed by atoms with Crippen molar-refractivity contribution in [2.45, 2.75) is 26.2 Å². The molecule has 134 valence electrons. The lowest BCUT2D eigenvalue weighted by Gasteiger charge is -2.37. The van der Waals surface area contributed by atoms with E-state index in [4.69, 9.17) is 4.98 Å². The molecule has 0 amide bonds. The van der Waals surface area contributed by atoms with E-state index in [1.54, 1.807) is 0 Å². The van der Waals surface area contributed by atoms with Crippen LogP contribution in [0.5, 0.6) is 0 Å². The average Bonchev–Trinajstić information content (AvgIpc) is 3.25. The fourth-order valence-corrected chi connectivity index (χ4v) is 4.11. The van der Waals surface area contributed by atoms with Crippen molar-refractivity contribution in [3.63, 3.8) is 0 Å². The highest BCUT2D eigenvalue weighted by Crippen LogP contribution is 2.31.